The number of anilines is 2. The van der Waals surface area contributed by atoms with Crippen LogP contribution >= 0.6 is 23.4 Å². The average molecular weight is 399 g/mol. The van der Waals surface area contributed by atoms with Crippen LogP contribution in [0.15, 0.2) is 65.6 Å². The van der Waals surface area contributed by atoms with Crippen LogP contribution in [0.1, 0.15) is 13.3 Å². The Morgan fingerprint density at radius 2 is 1.56 bits per heavy atom. The van der Waals surface area contributed by atoms with E-state index < -0.39 is 0 Å². The summed E-state index contributed by atoms with van der Waals surface area (Å²) in [6.07, 6.45) is 0.404. The molecule has 0 aliphatic heterocycles. The van der Waals surface area contributed by atoms with Crippen LogP contribution in [0.2, 0.25) is 5.02 Å². The van der Waals surface area contributed by atoms with Crippen molar-refractivity contribution in [3.8, 4) is 0 Å². The predicted molar refractivity (Wildman–Crippen MR) is 114 cm³/mol. The molecule has 4 nitrogen and oxygen atoms in total. The number of nitrogens with one attached hydrogen (secondary N) is 2. The van der Waals surface area contributed by atoms with Gasteiger partial charge in [0.1, 0.15) is 0 Å². The lowest BCUT2D eigenvalue weighted by atomic mass is 10.1. The number of hydrogen-bond acceptors (Lipinski definition) is 3. The maximum absolute atomic E-state index is 12.3. The molecule has 0 aromatic heterocycles. The number of benzene rings is 3. The fourth-order valence-electron chi connectivity index (χ4n) is 2.65. The summed E-state index contributed by atoms with van der Waals surface area (Å²) in [5.74, 6) is 0.0699. The first-order chi connectivity index (χ1) is 13.1. The van der Waals surface area contributed by atoms with Gasteiger partial charge >= 0.3 is 0 Å². The van der Waals surface area contributed by atoms with Gasteiger partial charge in [0.05, 0.1) is 5.75 Å². The summed E-state index contributed by atoms with van der Waals surface area (Å²) in [5, 5.41) is 8.33. The smallest absolute Gasteiger partial charge is 0.234 e. The number of fused-ring (bicyclic) bond motifs is 1. The number of carbonyl (C=O) groups is 2. The van der Waals surface area contributed by atoms with Gasteiger partial charge in [-0.15, -0.1) is 11.8 Å². The van der Waals surface area contributed by atoms with Crippen LogP contribution < -0.4 is 10.6 Å². The minimum atomic E-state index is -0.122. The SMILES string of the molecule is CCC(=O)Nc1cccc(NC(=O)CSc2cccc3cccc(Cl)c23)c1. The van der Waals surface area contributed by atoms with Crippen molar-refractivity contribution in [3.63, 3.8) is 0 Å². The second-order valence-electron chi connectivity index (χ2n) is 5.91. The molecule has 0 fully saturated rings. The Morgan fingerprint density at radius 3 is 2.26 bits per heavy atom. The monoisotopic (exact) mass is 398 g/mol. The largest absolute Gasteiger partial charge is 0.326 e. The first-order valence-corrected chi connectivity index (χ1v) is 9.93. The van der Waals surface area contributed by atoms with E-state index in [1.54, 1.807) is 31.2 Å². The Balaban J connectivity index is 1.66. The zero-order valence-electron chi connectivity index (χ0n) is 14.8. The van der Waals surface area contributed by atoms with E-state index in [1.807, 2.05) is 36.4 Å². The van der Waals surface area contributed by atoms with E-state index in [2.05, 4.69) is 10.6 Å². The van der Waals surface area contributed by atoms with Crippen molar-refractivity contribution in [1.29, 1.82) is 0 Å². The molecule has 0 saturated heterocycles. The lowest BCUT2D eigenvalue weighted by Crippen LogP contribution is -2.14. The molecule has 138 valence electrons. The number of thioether (sulfide) groups is 1. The summed E-state index contributed by atoms with van der Waals surface area (Å²) in [6, 6.07) is 18.8. The van der Waals surface area contributed by atoms with E-state index >= 15 is 0 Å². The van der Waals surface area contributed by atoms with Gasteiger partial charge in [0.15, 0.2) is 0 Å². The molecule has 0 aliphatic rings. The Labute approximate surface area is 167 Å². The molecule has 2 N–H and O–H groups in total. The molecule has 0 atom stereocenters. The fourth-order valence-corrected chi connectivity index (χ4v) is 3.89. The van der Waals surface area contributed by atoms with E-state index in [9.17, 15) is 9.59 Å². The van der Waals surface area contributed by atoms with Crippen molar-refractivity contribution in [3.05, 3.63) is 65.7 Å². The minimum absolute atomic E-state index is 0.0677. The van der Waals surface area contributed by atoms with Crippen molar-refractivity contribution in [2.24, 2.45) is 0 Å². The number of hydrogen-bond donors (Lipinski definition) is 2. The summed E-state index contributed by atoms with van der Waals surface area (Å²) in [4.78, 5) is 24.8. The molecule has 0 aliphatic carbocycles. The molecule has 3 aromatic rings. The first-order valence-electron chi connectivity index (χ1n) is 8.56. The normalized spacial score (nSPS) is 10.6. The van der Waals surface area contributed by atoms with Crippen LogP contribution in [0.3, 0.4) is 0 Å². The molecule has 27 heavy (non-hydrogen) atoms. The van der Waals surface area contributed by atoms with Crippen LogP contribution in [0, 0.1) is 0 Å². The molecule has 0 radical (unpaired) electrons. The average Bonchev–Trinajstić information content (AvgIpc) is 2.66. The molecule has 0 bridgehead atoms. The lowest BCUT2D eigenvalue weighted by molar-refractivity contribution is -0.116. The van der Waals surface area contributed by atoms with E-state index in [0.29, 0.717) is 22.8 Å². The third-order valence-corrected chi connectivity index (χ3v) is 5.30. The van der Waals surface area contributed by atoms with Crippen LogP contribution in [0.5, 0.6) is 0 Å². The van der Waals surface area contributed by atoms with Gasteiger partial charge in [-0.05, 0) is 35.7 Å². The summed E-state index contributed by atoms with van der Waals surface area (Å²) < 4.78 is 0. The summed E-state index contributed by atoms with van der Waals surface area (Å²) in [7, 11) is 0. The molecule has 0 unspecified atom stereocenters. The van der Waals surface area contributed by atoms with Crippen LogP contribution in [-0.2, 0) is 9.59 Å². The topological polar surface area (TPSA) is 58.2 Å². The number of halogens is 1. The van der Waals surface area contributed by atoms with Crippen molar-refractivity contribution in [1.82, 2.24) is 0 Å². The third-order valence-electron chi connectivity index (χ3n) is 3.93. The van der Waals surface area contributed by atoms with E-state index in [-0.39, 0.29) is 17.6 Å². The van der Waals surface area contributed by atoms with E-state index in [1.165, 1.54) is 11.8 Å². The van der Waals surface area contributed by atoms with Gasteiger partial charge in [-0.1, -0.05) is 48.9 Å². The first kappa shape index (κ1) is 19.3. The van der Waals surface area contributed by atoms with Gasteiger partial charge in [-0.25, -0.2) is 0 Å². The number of carbonyl (C=O) groups excluding carboxylic acids is 2. The van der Waals surface area contributed by atoms with Crippen molar-refractivity contribution < 1.29 is 9.59 Å². The highest BCUT2D eigenvalue weighted by atomic mass is 35.5. The van der Waals surface area contributed by atoms with E-state index in [4.69, 9.17) is 11.6 Å². The third kappa shape index (κ3) is 5.02. The van der Waals surface area contributed by atoms with Crippen molar-refractivity contribution >= 4 is 57.3 Å². The second-order valence-corrected chi connectivity index (χ2v) is 7.34. The fraction of sp³-hybridized carbons (Fsp3) is 0.143. The van der Waals surface area contributed by atoms with Gasteiger partial charge < -0.3 is 10.6 Å². The highest BCUT2D eigenvalue weighted by molar-refractivity contribution is 8.00. The van der Waals surface area contributed by atoms with Crippen molar-refractivity contribution in [2.45, 2.75) is 18.2 Å². The van der Waals surface area contributed by atoms with Gasteiger partial charge in [0.25, 0.3) is 0 Å². The van der Waals surface area contributed by atoms with Gasteiger partial charge in [0, 0.05) is 33.1 Å². The highest BCUT2D eigenvalue weighted by Gasteiger charge is 2.09. The summed E-state index contributed by atoms with van der Waals surface area (Å²) in [6.45, 7) is 1.79. The maximum atomic E-state index is 12.3. The number of rotatable bonds is 6. The summed E-state index contributed by atoms with van der Waals surface area (Å²) >= 11 is 7.77. The quantitative estimate of drug-likeness (QED) is 0.533. The maximum Gasteiger partial charge on any atom is 0.234 e. The molecule has 0 saturated carbocycles. The van der Waals surface area contributed by atoms with Gasteiger partial charge in [0.2, 0.25) is 11.8 Å². The van der Waals surface area contributed by atoms with Gasteiger partial charge in [-0.3, -0.25) is 9.59 Å². The molecule has 2 amide bonds. The minimum Gasteiger partial charge on any atom is -0.326 e. The summed E-state index contributed by atoms with van der Waals surface area (Å²) in [5.41, 5.74) is 1.30. The molecule has 0 spiro atoms. The van der Waals surface area contributed by atoms with E-state index in [0.717, 1.165) is 15.7 Å². The Morgan fingerprint density at radius 1 is 0.926 bits per heavy atom. The van der Waals surface area contributed by atoms with Crippen molar-refractivity contribution in [2.75, 3.05) is 16.4 Å². The molecular weight excluding hydrogens is 380 g/mol. The standard InChI is InChI=1S/C21H19ClN2O2S/c1-2-19(25)23-15-8-5-9-16(12-15)24-20(26)13-27-18-11-4-7-14-6-3-10-17(22)21(14)18/h3-12H,2,13H2,1H3,(H,23,25)(H,24,26). The molecule has 3 rings (SSSR count). The zero-order valence-corrected chi connectivity index (χ0v) is 16.4. The zero-order chi connectivity index (χ0) is 19.2. The molecule has 3 aromatic carbocycles. The van der Waals surface area contributed by atoms with Crippen LogP contribution in [0.4, 0.5) is 11.4 Å². The Hall–Kier alpha value is -2.50. The molecule has 6 heteroatoms. The Kier molecular flexibility index (Phi) is 6.37. The molecule has 0 heterocycles. The molecular formula is C21H19ClN2O2S. The lowest BCUT2D eigenvalue weighted by Gasteiger charge is -2.10. The van der Waals surface area contributed by atoms with Crippen LogP contribution in [0.25, 0.3) is 10.8 Å². The Bertz CT molecular complexity index is 986. The predicted octanol–water partition coefficient (Wildman–Crippen LogP) is 5.57. The number of amides is 2. The van der Waals surface area contributed by atoms with Gasteiger partial charge in [-0.2, -0.15) is 0 Å². The van der Waals surface area contributed by atoms with Crippen LogP contribution in [-0.4, -0.2) is 17.6 Å². The highest BCUT2D eigenvalue weighted by Crippen LogP contribution is 2.33. The second kappa shape index (κ2) is 8.93.